The van der Waals surface area contributed by atoms with Gasteiger partial charge in [0, 0.05) is 24.2 Å². The van der Waals surface area contributed by atoms with Gasteiger partial charge in [0.05, 0.1) is 6.10 Å². The molecule has 0 aromatic heterocycles. The van der Waals surface area contributed by atoms with Gasteiger partial charge in [-0.05, 0) is 56.4 Å². The zero-order chi connectivity index (χ0) is 25.7. The quantitative estimate of drug-likeness (QED) is 0.176. The van der Waals surface area contributed by atoms with Crippen LogP contribution in [0.1, 0.15) is 86.5 Å². The Bertz CT molecular complexity index is 931. The number of allylic oxidation sites excluding steroid dienone is 2. The molecule has 2 unspecified atom stereocenters. The first-order valence-corrected chi connectivity index (χ1v) is 13.5. The second-order valence-corrected chi connectivity index (χ2v) is 12.4. The average molecular weight is 511 g/mol. The second-order valence-electron chi connectivity index (χ2n) is 10.8. The zero-order valence-corrected chi connectivity index (χ0v) is 21.6. The molecule has 0 amide bonds. The molecule has 2 aliphatic carbocycles. The van der Waals surface area contributed by atoms with Gasteiger partial charge in [-0.2, -0.15) is 21.6 Å². The van der Waals surface area contributed by atoms with Crippen LogP contribution in [0, 0.1) is 22.7 Å². The smallest absolute Gasteiger partial charge is 0.462 e. The molecular weight excluding hydrogens is 473 g/mol. The van der Waals surface area contributed by atoms with Crippen LogP contribution in [0.3, 0.4) is 0 Å². The maximum absolute atomic E-state index is 12.9. The highest BCUT2D eigenvalue weighted by molar-refractivity contribution is 7.87. The normalized spacial score (nSPS) is 39.0. The minimum absolute atomic E-state index is 0.0554. The number of carbonyl (C=O) groups excluding carboxylic acids is 1. The maximum Gasteiger partial charge on any atom is 0.534 e. The molecule has 1 aliphatic heterocycles. The minimum Gasteiger partial charge on any atom is -0.462 e. The number of rotatable bonds is 8. The van der Waals surface area contributed by atoms with E-state index in [4.69, 9.17) is 9.47 Å². The number of esters is 1. The fourth-order valence-corrected chi connectivity index (χ4v) is 6.77. The molecule has 1 saturated heterocycles. The van der Waals surface area contributed by atoms with E-state index >= 15 is 0 Å². The predicted molar refractivity (Wildman–Crippen MR) is 120 cm³/mol. The topological polar surface area (TPSA) is 82.2 Å². The van der Waals surface area contributed by atoms with Crippen molar-refractivity contribution in [3.8, 4) is 0 Å². The van der Waals surface area contributed by atoms with Crippen molar-refractivity contribution < 1.29 is 40.0 Å². The number of ether oxygens (including phenoxy) is 2. The Kier molecular flexibility index (Phi) is 7.21. The van der Waals surface area contributed by atoms with E-state index in [0.717, 1.165) is 19.3 Å². The van der Waals surface area contributed by atoms with Crippen LogP contribution in [-0.4, -0.2) is 37.7 Å². The Morgan fingerprint density at radius 2 is 1.97 bits per heavy atom. The van der Waals surface area contributed by atoms with Crippen LogP contribution in [0.15, 0.2) is 11.8 Å². The molecule has 0 radical (unpaired) electrons. The summed E-state index contributed by atoms with van der Waals surface area (Å²) in [5.74, 6) is -0.327. The Labute approximate surface area is 200 Å². The number of halogens is 3. The van der Waals surface area contributed by atoms with Crippen LogP contribution >= 0.6 is 0 Å². The second kappa shape index (κ2) is 8.98. The standard InChI is InChI=1S/C24H37F3O6S/c1-7-19-23(32-19)14-18(31-17(4)28)11-13-22(23,6)16(3)10-12-21(5)15(2)8-9-20(21)33-34(29,30)24(25,26)27/h9,15-16,18-19H,7-8,10-14H2,1-6H3/t15?,16?,18-,19+,21-,22+,23+/m0/s1. The molecular formula is C24H37F3O6S. The lowest BCUT2D eigenvalue weighted by Gasteiger charge is -2.48. The molecule has 3 aliphatic rings. The van der Waals surface area contributed by atoms with Gasteiger partial charge < -0.3 is 13.7 Å². The van der Waals surface area contributed by atoms with Crippen molar-refractivity contribution in [2.75, 3.05) is 0 Å². The highest BCUT2D eigenvalue weighted by Gasteiger charge is 2.69. The molecule has 1 spiro atoms. The first-order valence-electron chi connectivity index (χ1n) is 12.1. The summed E-state index contributed by atoms with van der Waals surface area (Å²) in [5.41, 5.74) is -6.88. The minimum atomic E-state index is -5.71. The van der Waals surface area contributed by atoms with Crippen molar-refractivity contribution in [3.05, 3.63) is 11.8 Å². The zero-order valence-electron chi connectivity index (χ0n) is 20.8. The van der Waals surface area contributed by atoms with Crippen LogP contribution in [-0.2, 0) is 28.6 Å². The lowest BCUT2D eigenvalue weighted by Crippen LogP contribution is -2.50. The van der Waals surface area contributed by atoms with Gasteiger partial charge in [-0.25, -0.2) is 0 Å². The van der Waals surface area contributed by atoms with Gasteiger partial charge in [0.25, 0.3) is 0 Å². The first-order chi connectivity index (χ1) is 15.5. The van der Waals surface area contributed by atoms with Gasteiger partial charge in [0.15, 0.2) is 0 Å². The fourth-order valence-electron chi connectivity index (χ4n) is 6.18. The fraction of sp³-hybridized carbons (Fsp3) is 0.875. The third-order valence-corrected chi connectivity index (χ3v) is 9.94. The molecule has 0 aromatic rings. The molecule has 0 N–H and O–H groups in total. The van der Waals surface area contributed by atoms with Gasteiger partial charge in [0.1, 0.15) is 17.5 Å². The summed E-state index contributed by atoms with van der Waals surface area (Å²) in [6.45, 7) is 11.5. The van der Waals surface area contributed by atoms with Gasteiger partial charge >= 0.3 is 21.6 Å². The van der Waals surface area contributed by atoms with Gasteiger partial charge in [-0.1, -0.05) is 34.6 Å². The summed E-state index contributed by atoms with van der Waals surface area (Å²) in [6, 6.07) is 0. The molecule has 7 atom stereocenters. The first kappa shape index (κ1) is 27.3. The molecule has 34 heavy (non-hydrogen) atoms. The Hall–Kier alpha value is -1.29. The van der Waals surface area contributed by atoms with E-state index in [1.807, 2.05) is 6.92 Å². The third kappa shape index (κ3) is 4.61. The molecule has 10 heteroatoms. The Morgan fingerprint density at radius 1 is 1.32 bits per heavy atom. The van der Waals surface area contributed by atoms with Crippen molar-refractivity contribution in [3.63, 3.8) is 0 Å². The van der Waals surface area contributed by atoms with Crippen LogP contribution < -0.4 is 0 Å². The molecule has 0 bridgehead atoms. The van der Waals surface area contributed by atoms with Crippen molar-refractivity contribution >= 4 is 16.1 Å². The van der Waals surface area contributed by atoms with E-state index in [-0.39, 0.29) is 41.2 Å². The maximum atomic E-state index is 12.9. The lowest BCUT2D eigenvalue weighted by atomic mass is 9.57. The molecule has 196 valence electrons. The molecule has 1 heterocycles. The van der Waals surface area contributed by atoms with E-state index in [2.05, 4.69) is 25.0 Å². The molecule has 1 saturated carbocycles. The number of carbonyl (C=O) groups is 1. The molecule has 2 fully saturated rings. The highest BCUT2D eigenvalue weighted by atomic mass is 32.2. The summed E-state index contributed by atoms with van der Waals surface area (Å²) in [4.78, 5) is 11.5. The molecule has 6 nitrogen and oxygen atoms in total. The Balaban J connectivity index is 1.75. The third-order valence-electron chi connectivity index (χ3n) is 8.98. The van der Waals surface area contributed by atoms with E-state index in [9.17, 15) is 26.4 Å². The monoisotopic (exact) mass is 510 g/mol. The van der Waals surface area contributed by atoms with E-state index in [1.165, 1.54) is 13.0 Å². The van der Waals surface area contributed by atoms with Crippen molar-refractivity contribution in [2.45, 2.75) is 110 Å². The van der Waals surface area contributed by atoms with Gasteiger partial charge in [0.2, 0.25) is 0 Å². The molecule has 0 aromatic carbocycles. The lowest BCUT2D eigenvalue weighted by molar-refractivity contribution is -0.152. The Morgan fingerprint density at radius 3 is 2.50 bits per heavy atom. The van der Waals surface area contributed by atoms with Crippen LogP contribution in [0.4, 0.5) is 13.2 Å². The van der Waals surface area contributed by atoms with E-state index in [0.29, 0.717) is 25.7 Å². The van der Waals surface area contributed by atoms with Crippen LogP contribution in [0.5, 0.6) is 0 Å². The van der Waals surface area contributed by atoms with E-state index in [1.54, 1.807) is 6.92 Å². The number of hydrogen-bond donors (Lipinski definition) is 0. The van der Waals surface area contributed by atoms with Gasteiger partial charge in [-0.3, -0.25) is 4.79 Å². The number of hydrogen-bond acceptors (Lipinski definition) is 6. The largest absolute Gasteiger partial charge is 0.534 e. The van der Waals surface area contributed by atoms with Crippen molar-refractivity contribution in [2.24, 2.45) is 22.7 Å². The number of epoxide rings is 1. The van der Waals surface area contributed by atoms with Crippen molar-refractivity contribution in [1.82, 2.24) is 0 Å². The van der Waals surface area contributed by atoms with Gasteiger partial charge in [-0.15, -0.1) is 0 Å². The average Bonchev–Trinajstić information content (AvgIpc) is 3.37. The number of alkyl halides is 3. The predicted octanol–water partition coefficient (Wildman–Crippen LogP) is 5.87. The summed E-state index contributed by atoms with van der Waals surface area (Å²) in [6.07, 6.45) is 6.01. The van der Waals surface area contributed by atoms with Crippen molar-refractivity contribution in [1.29, 1.82) is 0 Å². The molecule has 3 rings (SSSR count). The van der Waals surface area contributed by atoms with Crippen LogP contribution in [0.2, 0.25) is 0 Å². The summed E-state index contributed by atoms with van der Waals surface area (Å²) in [7, 11) is -5.71. The summed E-state index contributed by atoms with van der Waals surface area (Å²) in [5, 5.41) is 0. The van der Waals surface area contributed by atoms with E-state index < -0.39 is 26.6 Å². The highest BCUT2D eigenvalue weighted by Crippen LogP contribution is 2.64. The summed E-state index contributed by atoms with van der Waals surface area (Å²) < 4.78 is 78.5. The summed E-state index contributed by atoms with van der Waals surface area (Å²) >= 11 is 0. The SMILES string of the molecule is CC[C@H]1O[C@]12C[C@@H](OC(C)=O)CC[C@]2(C)C(C)CC[C@]1(C)C(OS(=O)(=O)C(F)(F)F)=CCC1C. The van der Waals surface area contributed by atoms with Crippen LogP contribution in [0.25, 0.3) is 0 Å².